The Morgan fingerprint density at radius 2 is 1.55 bits per heavy atom. The van der Waals surface area contributed by atoms with Gasteiger partial charge in [0.1, 0.15) is 11.4 Å². The molecule has 0 fully saturated rings. The van der Waals surface area contributed by atoms with Gasteiger partial charge in [0.05, 0.1) is 23.2 Å². The number of nitrogens with zero attached hydrogens (tertiary/aromatic N) is 4. The zero-order chi connectivity index (χ0) is 35.0. The first-order chi connectivity index (χ1) is 24.8. The molecule has 2 aliphatic rings. The third-order valence-corrected chi connectivity index (χ3v) is 11.9. The summed E-state index contributed by atoms with van der Waals surface area (Å²) in [5.41, 5.74) is 1.70. The monoisotopic (exact) mass is 710 g/mol. The summed E-state index contributed by atoms with van der Waals surface area (Å²) >= 11 is 2.63. The van der Waals surface area contributed by atoms with Crippen LogP contribution in [0.25, 0.3) is 21.7 Å². The minimum atomic E-state index is -1.97. The van der Waals surface area contributed by atoms with Gasteiger partial charge in [-0.1, -0.05) is 102 Å². The third kappa shape index (κ3) is 4.61. The molecule has 9 rings (SSSR count). The standard InChI is InChI=1S/C40H27FN4O4S2/c1-22-18-28-32(19-23(22)2)49-35-33(34(28)46)40(29-15-6-8-17-31(29)44(37(40)48)20-25-11-4-7-16-30(25)41)45(36(35)47)38-42-43-39(51-38)50-21-26-13-9-12-24-10-3-5-14-27(24)26/h3-19H,20-21H2,1-2H3. The molecule has 7 aromatic rings. The van der Waals surface area contributed by atoms with Crippen LogP contribution in [0.4, 0.5) is 15.2 Å². The number of carbonyl (C=O) groups is 2. The van der Waals surface area contributed by atoms with Crippen LogP contribution in [0.3, 0.4) is 0 Å². The summed E-state index contributed by atoms with van der Waals surface area (Å²) in [4.78, 5) is 47.3. The molecular formula is C40H27FN4O4S2. The van der Waals surface area contributed by atoms with Crippen molar-refractivity contribution in [2.45, 2.75) is 36.0 Å². The van der Waals surface area contributed by atoms with Crippen LogP contribution in [0.5, 0.6) is 0 Å². The second-order valence-corrected chi connectivity index (χ2v) is 14.9. The fourth-order valence-electron chi connectivity index (χ4n) is 7.28. The Kier molecular flexibility index (Phi) is 7.20. The molecule has 0 N–H and O–H groups in total. The topological polar surface area (TPSA) is 96.6 Å². The number of para-hydroxylation sites is 1. The number of thioether (sulfide) groups is 1. The Morgan fingerprint density at radius 3 is 2.41 bits per heavy atom. The van der Waals surface area contributed by atoms with E-state index in [2.05, 4.69) is 34.5 Å². The van der Waals surface area contributed by atoms with Crippen LogP contribution < -0.4 is 15.2 Å². The van der Waals surface area contributed by atoms with E-state index in [9.17, 15) is 9.59 Å². The number of amides is 2. The van der Waals surface area contributed by atoms with Gasteiger partial charge in [0.2, 0.25) is 10.9 Å². The zero-order valence-electron chi connectivity index (χ0n) is 27.3. The second kappa shape index (κ2) is 11.7. The molecule has 2 aromatic heterocycles. The maximum Gasteiger partial charge on any atom is 0.297 e. The van der Waals surface area contributed by atoms with Crippen molar-refractivity contribution in [3.63, 3.8) is 0 Å². The van der Waals surface area contributed by atoms with Gasteiger partial charge in [0, 0.05) is 16.9 Å². The minimum absolute atomic E-state index is 0.0862. The van der Waals surface area contributed by atoms with E-state index in [-0.39, 0.29) is 39.5 Å². The average molecular weight is 711 g/mol. The first kappa shape index (κ1) is 31.3. The molecule has 0 saturated heterocycles. The average Bonchev–Trinajstić information content (AvgIpc) is 3.78. The summed E-state index contributed by atoms with van der Waals surface area (Å²) in [7, 11) is 0. The summed E-state index contributed by atoms with van der Waals surface area (Å²) < 4.78 is 21.9. The van der Waals surface area contributed by atoms with Gasteiger partial charge < -0.3 is 9.32 Å². The second-order valence-electron chi connectivity index (χ2n) is 12.7. The van der Waals surface area contributed by atoms with Crippen LogP contribution in [-0.4, -0.2) is 22.0 Å². The Morgan fingerprint density at radius 1 is 0.824 bits per heavy atom. The van der Waals surface area contributed by atoms with Crippen LogP contribution in [-0.2, 0) is 22.6 Å². The van der Waals surface area contributed by atoms with Crippen molar-refractivity contribution < 1.29 is 18.4 Å². The number of hydrogen-bond donors (Lipinski definition) is 0. The molecule has 0 bridgehead atoms. The highest BCUT2D eigenvalue weighted by atomic mass is 32.2. The van der Waals surface area contributed by atoms with E-state index in [4.69, 9.17) is 4.42 Å². The van der Waals surface area contributed by atoms with Gasteiger partial charge in [-0.3, -0.25) is 19.3 Å². The SMILES string of the molecule is Cc1cc2oc3c(c(=O)c2cc1C)C1(C(=O)N(Cc2ccccc2F)c2ccccc21)N(c1nnc(SCc2cccc4ccccc24)s1)C3=O. The minimum Gasteiger partial charge on any atom is -0.450 e. The Hall–Kier alpha value is -5.65. The number of aromatic nitrogens is 2. The highest BCUT2D eigenvalue weighted by Gasteiger charge is 2.66. The van der Waals surface area contributed by atoms with Crippen molar-refractivity contribution in [1.82, 2.24) is 10.2 Å². The van der Waals surface area contributed by atoms with Crippen LogP contribution in [0.15, 0.2) is 117 Å². The molecular weight excluding hydrogens is 684 g/mol. The number of carbonyl (C=O) groups excluding carboxylic acids is 2. The molecule has 5 aromatic carbocycles. The summed E-state index contributed by atoms with van der Waals surface area (Å²) in [6, 6.07) is 31.0. The fraction of sp³-hybridized carbons (Fsp3) is 0.125. The fourth-order valence-corrected chi connectivity index (χ4v) is 9.18. The van der Waals surface area contributed by atoms with E-state index >= 15 is 9.18 Å². The highest BCUT2D eigenvalue weighted by molar-refractivity contribution is 8.00. The lowest BCUT2D eigenvalue weighted by atomic mass is 9.84. The highest BCUT2D eigenvalue weighted by Crippen LogP contribution is 2.55. The Balaban J connectivity index is 1.22. The number of rotatable bonds is 6. The molecule has 250 valence electrons. The van der Waals surface area contributed by atoms with Gasteiger partial charge in [-0.05, 0) is 65.6 Å². The maximum atomic E-state index is 15.2. The van der Waals surface area contributed by atoms with Crippen molar-refractivity contribution in [3.05, 3.63) is 158 Å². The molecule has 0 saturated carbocycles. The van der Waals surface area contributed by atoms with Crippen molar-refractivity contribution in [2.75, 3.05) is 9.80 Å². The number of hydrogen-bond acceptors (Lipinski definition) is 8. The molecule has 4 heterocycles. The van der Waals surface area contributed by atoms with Gasteiger partial charge in [-0.15, -0.1) is 10.2 Å². The van der Waals surface area contributed by atoms with E-state index in [0.29, 0.717) is 21.3 Å². The molecule has 0 radical (unpaired) electrons. The zero-order valence-corrected chi connectivity index (χ0v) is 29.0. The van der Waals surface area contributed by atoms with Crippen LogP contribution in [0.1, 0.15) is 43.9 Å². The predicted octanol–water partition coefficient (Wildman–Crippen LogP) is 8.30. The number of benzene rings is 5. The van der Waals surface area contributed by atoms with Crippen molar-refractivity contribution in [3.8, 4) is 0 Å². The van der Waals surface area contributed by atoms with Crippen molar-refractivity contribution in [2.24, 2.45) is 0 Å². The lowest BCUT2D eigenvalue weighted by molar-refractivity contribution is -0.121. The van der Waals surface area contributed by atoms with Gasteiger partial charge >= 0.3 is 0 Å². The first-order valence-electron chi connectivity index (χ1n) is 16.3. The van der Waals surface area contributed by atoms with Crippen molar-refractivity contribution >= 4 is 67.5 Å². The third-order valence-electron chi connectivity index (χ3n) is 9.84. The van der Waals surface area contributed by atoms with Crippen LogP contribution in [0.2, 0.25) is 0 Å². The van der Waals surface area contributed by atoms with E-state index in [1.54, 1.807) is 54.6 Å². The quantitative estimate of drug-likeness (QED) is 0.127. The Bertz CT molecular complexity index is 2670. The predicted molar refractivity (Wildman–Crippen MR) is 197 cm³/mol. The van der Waals surface area contributed by atoms with Crippen molar-refractivity contribution in [1.29, 1.82) is 0 Å². The molecule has 51 heavy (non-hydrogen) atoms. The van der Waals surface area contributed by atoms with E-state index < -0.39 is 28.6 Å². The number of halogens is 1. The van der Waals surface area contributed by atoms with E-state index in [0.717, 1.165) is 38.8 Å². The van der Waals surface area contributed by atoms with Gasteiger partial charge in [-0.25, -0.2) is 4.39 Å². The molecule has 1 atom stereocenters. The first-order valence-corrected chi connectivity index (χ1v) is 18.1. The van der Waals surface area contributed by atoms with E-state index in [1.807, 2.05) is 32.0 Å². The van der Waals surface area contributed by atoms with Gasteiger partial charge in [-0.2, -0.15) is 0 Å². The molecule has 2 aliphatic heterocycles. The molecule has 1 unspecified atom stereocenters. The summed E-state index contributed by atoms with van der Waals surface area (Å²) in [6.45, 7) is 3.66. The Labute approximate surface area is 299 Å². The molecule has 11 heteroatoms. The van der Waals surface area contributed by atoms with Gasteiger partial charge in [0.15, 0.2) is 15.3 Å². The summed E-state index contributed by atoms with van der Waals surface area (Å²) in [6.07, 6.45) is 0. The number of anilines is 2. The number of aryl methyl sites for hydroxylation is 2. The largest absolute Gasteiger partial charge is 0.450 e. The number of fused-ring (bicyclic) bond motifs is 6. The lowest BCUT2D eigenvalue weighted by Gasteiger charge is -2.32. The van der Waals surface area contributed by atoms with Crippen LogP contribution in [0, 0.1) is 19.7 Å². The lowest BCUT2D eigenvalue weighted by Crippen LogP contribution is -2.53. The molecule has 2 amide bonds. The van der Waals surface area contributed by atoms with Gasteiger partial charge in [0.25, 0.3) is 11.8 Å². The molecule has 1 spiro atoms. The summed E-state index contributed by atoms with van der Waals surface area (Å²) in [5.74, 6) is -1.38. The van der Waals surface area contributed by atoms with E-state index in [1.165, 1.54) is 27.6 Å². The smallest absolute Gasteiger partial charge is 0.297 e. The molecule has 0 aliphatic carbocycles. The molecule has 8 nitrogen and oxygen atoms in total. The summed E-state index contributed by atoms with van der Waals surface area (Å²) in [5, 5.41) is 11.6. The maximum absolute atomic E-state index is 15.2. The normalized spacial score (nSPS) is 16.5. The van der Waals surface area contributed by atoms with Crippen LogP contribution >= 0.6 is 23.1 Å².